The van der Waals surface area contributed by atoms with E-state index in [0.29, 0.717) is 11.3 Å². The molecule has 98 valence electrons. The van der Waals surface area contributed by atoms with Gasteiger partial charge in [-0.25, -0.2) is 9.37 Å². The molecule has 1 amide bonds. The summed E-state index contributed by atoms with van der Waals surface area (Å²) in [6.07, 6.45) is 4.71. The number of hydrogen-bond acceptors (Lipinski definition) is 2. The van der Waals surface area contributed by atoms with E-state index < -0.39 is 5.91 Å². The van der Waals surface area contributed by atoms with Crippen LogP contribution in [0.2, 0.25) is 0 Å². The zero-order valence-corrected chi connectivity index (χ0v) is 10.4. The fourth-order valence-corrected chi connectivity index (χ4v) is 1.54. The van der Waals surface area contributed by atoms with Crippen LogP contribution in [0, 0.1) is 17.1 Å². The Balaban J connectivity index is 2.18. The number of carbonyl (C=O) groups is 1. The Morgan fingerprint density at radius 3 is 2.65 bits per heavy atom. The molecular formula is C15H11FN3O+. The predicted molar refractivity (Wildman–Crippen MR) is 71.6 cm³/mol. The van der Waals surface area contributed by atoms with Gasteiger partial charge in [0.1, 0.15) is 23.1 Å². The number of halogens is 1. The van der Waals surface area contributed by atoms with Gasteiger partial charge < -0.3 is 5.32 Å². The lowest BCUT2D eigenvalue weighted by atomic mass is 10.1. The van der Waals surface area contributed by atoms with E-state index in [1.807, 2.05) is 6.07 Å². The van der Waals surface area contributed by atoms with E-state index in [0.717, 1.165) is 0 Å². The second-order valence-corrected chi connectivity index (χ2v) is 3.97. The number of pyridine rings is 1. The van der Waals surface area contributed by atoms with Crippen LogP contribution in [0.25, 0.3) is 6.08 Å². The molecule has 20 heavy (non-hydrogen) atoms. The van der Waals surface area contributed by atoms with Gasteiger partial charge in [-0.1, -0.05) is 12.1 Å². The number of hydrogen-bond donors (Lipinski definition) is 1. The molecule has 0 spiro atoms. The van der Waals surface area contributed by atoms with Crippen LogP contribution in [0.3, 0.4) is 0 Å². The number of H-pyrrole nitrogens is 1. The van der Waals surface area contributed by atoms with Crippen LogP contribution in [-0.4, -0.2) is 5.91 Å². The van der Waals surface area contributed by atoms with Crippen molar-refractivity contribution in [2.75, 3.05) is 5.32 Å². The van der Waals surface area contributed by atoms with Gasteiger partial charge in [0.15, 0.2) is 12.4 Å². The van der Waals surface area contributed by atoms with E-state index in [1.165, 1.54) is 30.3 Å². The summed E-state index contributed by atoms with van der Waals surface area (Å²) >= 11 is 0. The Morgan fingerprint density at radius 2 is 2.05 bits per heavy atom. The number of aromatic nitrogens is 1. The third kappa shape index (κ3) is 3.50. The number of anilines is 1. The quantitative estimate of drug-likeness (QED) is 0.685. The topological polar surface area (TPSA) is 67.0 Å². The molecule has 0 unspecified atom stereocenters. The zero-order chi connectivity index (χ0) is 14.4. The molecule has 0 bridgehead atoms. The molecule has 0 saturated heterocycles. The summed E-state index contributed by atoms with van der Waals surface area (Å²) in [7, 11) is 0. The van der Waals surface area contributed by atoms with E-state index in [4.69, 9.17) is 5.26 Å². The first-order valence-electron chi connectivity index (χ1n) is 5.84. The minimum Gasteiger partial charge on any atom is -0.316 e. The summed E-state index contributed by atoms with van der Waals surface area (Å²) in [6.45, 7) is 0. The molecule has 0 radical (unpaired) electrons. The summed E-state index contributed by atoms with van der Waals surface area (Å²) in [4.78, 5) is 14.7. The van der Waals surface area contributed by atoms with Crippen LogP contribution in [-0.2, 0) is 4.79 Å². The number of nitrogens with one attached hydrogen (secondary N) is 2. The Kier molecular flexibility index (Phi) is 4.20. The van der Waals surface area contributed by atoms with Crippen LogP contribution in [0.1, 0.15) is 5.56 Å². The lowest BCUT2D eigenvalue weighted by Gasteiger charge is -2.01. The number of carbonyl (C=O) groups excluding carboxylic acids is 1. The van der Waals surface area contributed by atoms with Crippen molar-refractivity contribution in [1.82, 2.24) is 0 Å². The van der Waals surface area contributed by atoms with Gasteiger partial charge in [0.25, 0.3) is 5.91 Å². The van der Waals surface area contributed by atoms with Crippen LogP contribution >= 0.6 is 0 Å². The van der Waals surface area contributed by atoms with E-state index in [-0.39, 0.29) is 11.4 Å². The summed E-state index contributed by atoms with van der Waals surface area (Å²) in [6, 6.07) is 10.8. The molecule has 0 aliphatic heterocycles. The highest BCUT2D eigenvalue weighted by Gasteiger charge is 2.10. The summed E-state index contributed by atoms with van der Waals surface area (Å²) in [5.41, 5.74) is 1.08. The Bertz CT molecular complexity index is 673. The molecular weight excluding hydrogens is 257 g/mol. The maximum atomic E-state index is 12.8. The monoisotopic (exact) mass is 268 g/mol. The highest BCUT2D eigenvalue weighted by molar-refractivity contribution is 6.09. The third-order valence-electron chi connectivity index (χ3n) is 2.51. The molecule has 5 heteroatoms. The summed E-state index contributed by atoms with van der Waals surface area (Å²) in [5, 5.41) is 11.6. The number of rotatable bonds is 3. The Hall–Kier alpha value is -3.00. The maximum absolute atomic E-state index is 12.8. The average Bonchev–Trinajstić information content (AvgIpc) is 2.47. The Labute approximate surface area is 115 Å². The molecule has 1 aromatic carbocycles. The van der Waals surface area contributed by atoms with Crippen molar-refractivity contribution in [2.24, 2.45) is 0 Å². The van der Waals surface area contributed by atoms with Crippen molar-refractivity contribution < 1.29 is 14.2 Å². The number of nitriles is 1. The largest absolute Gasteiger partial charge is 0.316 e. The van der Waals surface area contributed by atoms with Crippen LogP contribution < -0.4 is 10.3 Å². The molecule has 2 N–H and O–H groups in total. The van der Waals surface area contributed by atoms with Gasteiger partial charge in [0.2, 0.25) is 0 Å². The Morgan fingerprint density at radius 1 is 1.30 bits per heavy atom. The molecule has 0 aliphatic rings. The first-order valence-corrected chi connectivity index (χ1v) is 5.84. The highest BCUT2D eigenvalue weighted by Crippen LogP contribution is 2.10. The standard InChI is InChI=1S/C15H10FN3O/c16-13-5-3-11(4-6-13)8-12(9-17)15(20)19-14-2-1-7-18-10-14/h1-8,10H,(H,19,20)/p+1. The van der Waals surface area contributed by atoms with Gasteiger partial charge in [-0.3, -0.25) is 4.79 Å². The zero-order valence-electron chi connectivity index (χ0n) is 10.4. The van der Waals surface area contributed by atoms with Crippen molar-refractivity contribution in [3.63, 3.8) is 0 Å². The highest BCUT2D eigenvalue weighted by atomic mass is 19.1. The molecule has 0 atom stereocenters. The van der Waals surface area contributed by atoms with Gasteiger partial charge >= 0.3 is 0 Å². The lowest BCUT2D eigenvalue weighted by Crippen LogP contribution is -2.15. The second-order valence-electron chi connectivity index (χ2n) is 3.97. The SMILES string of the molecule is N#CC(=Cc1ccc(F)cc1)C(=O)Nc1ccc[nH+]c1. The van der Waals surface area contributed by atoms with Gasteiger partial charge in [-0.2, -0.15) is 5.26 Å². The van der Waals surface area contributed by atoms with Gasteiger partial charge in [-0.15, -0.1) is 0 Å². The van der Waals surface area contributed by atoms with Crippen molar-refractivity contribution in [3.05, 3.63) is 65.7 Å². The van der Waals surface area contributed by atoms with Gasteiger partial charge in [0, 0.05) is 6.07 Å². The molecule has 1 heterocycles. The number of amides is 1. The summed E-state index contributed by atoms with van der Waals surface area (Å²) in [5.74, 6) is -0.888. The fraction of sp³-hybridized carbons (Fsp3) is 0. The van der Waals surface area contributed by atoms with E-state index >= 15 is 0 Å². The third-order valence-corrected chi connectivity index (χ3v) is 2.51. The molecule has 1 aromatic heterocycles. The molecule has 4 nitrogen and oxygen atoms in total. The minimum absolute atomic E-state index is 0.0551. The van der Waals surface area contributed by atoms with Crippen molar-refractivity contribution in [1.29, 1.82) is 5.26 Å². The number of aromatic amines is 1. The van der Waals surface area contributed by atoms with Crippen molar-refractivity contribution in [3.8, 4) is 6.07 Å². The molecule has 0 fully saturated rings. The van der Waals surface area contributed by atoms with Crippen LogP contribution in [0.4, 0.5) is 10.1 Å². The van der Waals surface area contributed by atoms with Crippen molar-refractivity contribution in [2.45, 2.75) is 0 Å². The predicted octanol–water partition coefficient (Wildman–Crippen LogP) is 2.19. The van der Waals surface area contributed by atoms with E-state index in [1.54, 1.807) is 24.5 Å². The molecule has 2 rings (SSSR count). The lowest BCUT2D eigenvalue weighted by molar-refractivity contribution is -0.377. The molecule has 0 aliphatic carbocycles. The second kappa shape index (κ2) is 6.25. The number of nitrogens with zero attached hydrogens (tertiary/aromatic N) is 1. The van der Waals surface area contributed by atoms with Gasteiger partial charge in [-0.05, 0) is 29.8 Å². The van der Waals surface area contributed by atoms with Crippen LogP contribution in [0.15, 0.2) is 54.4 Å². The average molecular weight is 268 g/mol. The normalized spacial score (nSPS) is 10.7. The van der Waals surface area contributed by atoms with Gasteiger partial charge in [0.05, 0.1) is 0 Å². The smallest absolute Gasteiger partial charge is 0.266 e. The fourth-order valence-electron chi connectivity index (χ4n) is 1.54. The molecule has 2 aromatic rings. The van der Waals surface area contributed by atoms with Crippen molar-refractivity contribution >= 4 is 17.7 Å². The van der Waals surface area contributed by atoms with E-state index in [9.17, 15) is 9.18 Å². The maximum Gasteiger partial charge on any atom is 0.266 e. The first-order chi connectivity index (χ1) is 9.69. The minimum atomic E-state index is -0.517. The summed E-state index contributed by atoms with van der Waals surface area (Å²) < 4.78 is 12.8. The first kappa shape index (κ1) is 13.4. The van der Waals surface area contributed by atoms with Crippen LogP contribution in [0.5, 0.6) is 0 Å². The number of benzene rings is 1. The molecule has 0 saturated carbocycles. The van der Waals surface area contributed by atoms with E-state index in [2.05, 4.69) is 10.3 Å².